The molecular formula is C21H31N5O2S. The van der Waals surface area contributed by atoms with Gasteiger partial charge in [-0.25, -0.2) is 0 Å². The average Bonchev–Trinajstić information content (AvgIpc) is 3.47. The quantitative estimate of drug-likeness (QED) is 0.332. The Morgan fingerprint density at radius 1 is 1.17 bits per heavy atom. The zero-order valence-corrected chi connectivity index (χ0v) is 17.8. The molecule has 1 unspecified atom stereocenters. The Balaban J connectivity index is 1.39. The molecule has 7 nitrogen and oxygen atoms in total. The van der Waals surface area contributed by atoms with Crippen molar-refractivity contribution in [1.29, 1.82) is 0 Å². The molecule has 0 bridgehead atoms. The van der Waals surface area contributed by atoms with Gasteiger partial charge in [-0.1, -0.05) is 12.5 Å². The first kappa shape index (κ1) is 21.4. The lowest BCUT2D eigenvalue weighted by molar-refractivity contribution is 0.0957. The highest BCUT2D eigenvalue weighted by molar-refractivity contribution is 7.12. The second-order valence-electron chi connectivity index (χ2n) is 7.09. The van der Waals surface area contributed by atoms with Crippen LogP contribution in [0.25, 0.3) is 0 Å². The van der Waals surface area contributed by atoms with Crippen molar-refractivity contribution in [1.82, 2.24) is 20.9 Å². The molecule has 1 aliphatic rings. The smallest absolute Gasteiger partial charge is 0.261 e. The molecule has 0 spiro atoms. The van der Waals surface area contributed by atoms with E-state index in [1.165, 1.54) is 30.6 Å². The largest absolute Gasteiger partial charge is 0.468 e. The second kappa shape index (κ2) is 11.6. The molecule has 0 aromatic carbocycles. The van der Waals surface area contributed by atoms with Crippen molar-refractivity contribution < 1.29 is 9.21 Å². The third-order valence-corrected chi connectivity index (χ3v) is 5.93. The SMILES string of the molecule is CN=C(NCCCNC(=O)c1cccs1)NCC(c1ccco1)N1CCCCC1. The monoisotopic (exact) mass is 417 g/mol. The van der Waals surface area contributed by atoms with Crippen LogP contribution in [0.1, 0.15) is 47.2 Å². The Labute approximate surface area is 176 Å². The lowest BCUT2D eigenvalue weighted by Gasteiger charge is -2.33. The molecule has 0 radical (unpaired) electrons. The maximum Gasteiger partial charge on any atom is 0.261 e. The Bertz CT molecular complexity index is 739. The molecule has 1 saturated heterocycles. The number of thiophene rings is 1. The molecule has 3 rings (SSSR count). The number of likely N-dealkylation sites (tertiary alicyclic amines) is 1. The summed E-state index contributed by atoms with van der Waals surface area (Å²) >= 11 is 1.45. The van der Waals surface area contributed by atoms with E-state index in [1.54, 1.807) is 13.3 Å². The van der Waals surface area contributed by atoms with E-state index in [1.807, 2.05) is 29.6 Å². The van der Waals surface area contributed by atoms with Gasteiger partial charge in [-0.3, -0.25) is 14.7 Å². The van der Waals surface area contributed by atoms with Crippen molar-refractivity contribution in [2.24, 2.45) is 4.99 Å². The Morgan fingerprint density at radius 2 is 2.00 bits per heavy atom. The molecule has 0 saturated carbocycles. The summed E-state index contributed by atoms with van der Waals surface area (Å²) in [6.07, 6.45) is 6.35. The van der Waals surface area contributed by atoms with E-state index in [9.17, 15) is 4.79 Å². The predicted octanol–water partition coefficient (Wildman–Crippen LogP) is 2.85. The third kappa shape index (κ3) is 6.61. The summed E-state index contributed by atoms with van der Waals surface area (Å²) in [5.41, 5.74) is 0. The van der Waals surface area contributed by atoms with Gasteiger partial charge in [-0.05, 0) is 55.9 Å². The fourth-order valence-electron chi connectivity index (χ4n) is 3.53. The van der Waals surface area contributed by atoms with Crippen LogP contribution < -0.4 is 16.0 Å². The summed E-state index contributed by atoms with van der Waals surface area (Å²) in [5, 5.41) is 11.6. The van der Waals surface area contributed by atoms with Crippen molar-refractivity contribution in [3.8, 4) is 0 Å². The number of nitrogens with zero attached hydrogens (tertiary/aromatic N) is 2. The molecule has 2 aromatic rings. The topological polar surface area (TPSA) is 81.9 Å². The van der Waals surface area contributed by atoms with E-state index >= 15 is 0 Å². The summed E-state index contributed by atoms with van der Waals surface area (Å²) in [5.74, 6) is 1.75. The number of nitrogens with one attached hydrogen (secondary N) is 3. The zero-order chi connectivity index (χ0) is 20.3. The predicted molar refractivity (Wildman–Crippen MR) is 118 cm³/mol. The van der Waals surface area contributed by atoms with E-state index in [2.05, 4.69) is 25.8 Å². The van der Waals surface area contributed by atoms with Gasteiger partial charge in [0.25, 0.3) is 5.91 Å². The zero-order valence-electron chi connectivity index (χ0n) is 17.0. The molecule has 29 heavy (non-hydrogen) atoms. The summed E-state index contributed by atoms with van der Waals surface area (Å²) in [7, 11) is 1.77. The minimum atomic E-state index is -0.00896. The summed E-state index contributed by atoms with van der Waals surface area (Å²) in [6, 6.07) is 7.92. The van der Waals surface area contributed by atoms with Crippen LogP contribution in [-0.2, 0) is 0 Å². The molecule has 1 aliphatic heterocycles. The van der Waals surface area contributed by atoms with Gasteiger partial charge in [0.15, 0.2) is 5.96 Å². The molecular weight excluding hydrogens is 386 g/mol. The standard InChI is InChI=1S/C21H31N5O2S/c1-22-21(24-11-7-10-23-20(27)19-9-6-15-29-19)25-16-17(18-8-5-14-28-18)26-12-3-2-4-13-26/h5-6,8-9,14-15,17H,2-4,7,10-13,16H2,1H3,(H,23,27)(H2,22,24,25). The van der Waals surface area contributed by atoms with E-state index in [4.69, 9.17) is 4.42 Å². The normalized spacial score (nSPS) is 16.4. The van der Waals surface area contributed by atoms with Crippen molar-refractivity contribution >= 4 is 23.2 Å². The van der Waals surface area contributed by atoms with Gasteiger partial charge in [-0.2, -0.15) is 0 Å². The number of aliphatic imine (C=N–C) groups is 1. The van der Waals surface area contributed by atoms with Gasteiger partial charge in [0.2, 0.25) is 0 Å². The average molecular weight is 418 g/mol. The van der Waals surface area contributed by atoms with Gasteiger partial charge in [0, 0.05) is 26.7 Å². The maximum atomic E-state index is 11.9. The molecule has 1 fully saturated rings. The number of guanidine groups is 1. The van der Waals surface area contributed by atoms with Gasteiger partial charge in [0.1, 0.15) is 5.76 Å². The number of hydrogen-bond donors (Lipinski definition) is 3. The third-order valence-electron chi connectivity index (χ3n) is 5.07. The van der Waals surface area contributed by atoms with Crippen molar-refractivity contribution in [2.45, 2.75) is 31.7 Å². The lowest BCUT2D eigenvalue weighted by Crippen LogP contribution is -2.44. The van der Waals surface area contributed by atoms with E-state index in [0.717, 1.165) is 49.2 Å². The van der Waals surface area contributed by atoms with Crippen LogP contribution in [0.5, 0.6) is 0 Å². The first-order valence-corrected chi connectivity index (χ1v) is 11.2. The highest BCUT2D eigenvalue weighted by Gasteiger charge is 2.24. The summed E-state index contributed by atoms with van der Waals surface area (Å²) in [6.45, 7) is 4.30. The Kier molecular flexibility index (Phi) is 8.58. The summed E-state index contributed by atoms with van der Waals surface area (Å²) < 4.78 is 5.70. The number of rotatable bonds is 9. The van der Waals surface area contributed by atoms with Crippen molar-refractivity contribution in [3.63, 3.8) is 0 Å². The maximum absolute atomic E-state index is 11.9. The van der Waals surface area contributed by atoms with Gasteiger partial charge in [-0.15, -0.1) is 11.3 Å². The van der Waals surface area contributed by atoms with E-state index < -0.39 is 0 Å². The van der Waals surface area contributed by atoms with E-state index in [0.29, 0.717) is 6.54 Å². The Hall–Kier alpha value is -2.32. The molecule has 3 N–H and O–H groups in total. The molecule has 2 aromatic heterocycles. The van der Waals surface area contributed by atoms with Crippen LogP contribution in [0.15, 0.2) is 45.3 Å². The molecule has 8 heteroatoms. The van der Waals surface area contributed by atoms with Gasteiger partial charge >= 0.3 is 0 Å². The van der Waals surface area contributed by atoms with Crippen molar-refractivity contribution in [2.75, 3.05) is 39.8 Å². The number of amides is 1. The van der Waals surface area contributed by atoms with Crippen LogP contribution in [0, 0.1) is 0 Å². The second-order valence-corrected chi connectivity index (χ2v) is 8.04. The van der Waals surface area contributed by atoms with Crippen LogP contribution >= 0.6 is 11.3 Å². The molecule has 3 heterocycles. The highest BCUT2D eigenvalue weighted by Crippen LogP contribution is 2.24. The fraction of sp³-hybridized carbons (Fsp3) is 0.524. The minimum absolute atomic E-state index is 0.00896. The highest BCUT2D eigenvalue weighted by atomic mass is 32.1. The van der Waals surface area contributed by atoms with E-state index in [-0.39, 0.29) is 11.9 Å². The molecule has 1 atom stereocenters. The van der Waals surface area contributed by atoms with Crippen LogP contribution in [0.3, 0.4) is 0 Å². The van der Waals surface area contributed by atoms with Crippen LogP contribution in [0.4, 0.5) is 0 Å². The lowest BCUT2D eigenvalue weighted by atomic mass is 10.1. The van der Waals surface area contributed by atoms with Crippen LogP contribution in [-0.4, -0.2) is 56.5 Å². The van der Waals surface area contributed by atoms with Gasteiger partial charge < -0.3 is 20.4 Å². The number of furan rings is 1. The Morgan fingerprint density at radius 3 is 2.69 bits per heavy atom. The molecule has 0 aliphatic carbocycles. The minimum Gasteiger partial charge on any atom is -0.468 e. The summed E-state index contributed by atoms with van der Waals surface area (Å²) in [4.78, 5) is 19.5. The van der Waals surface area contributed by atoms with Crippen molar-refractivity contribution in [3.05, 3.63) is 46.5 Å². The fourth-order valence-corrected chi connectivity index (χ4v) is 4.17. The molecule has 1 amide bonds. The molecule has 158 valence electrons. The number of carbonyl (C=O) groups is 1. The number of piperidine rings is 1. The number of hydrogen-bond acceptors (Lipinski definition) is 5. The van der Waals surface area contributed by atoms with Crippen LogP contribution in [0.2, 0.25) is 0 Å². The first-order valence-electron chi connectivity index (χ1n) is 10.3. The first-order chi connectivity index (χ1) is 14.3. The van der Waals surface area contributed by atoms with Gasteiger partial charge in [0.05, 0.1) is 17.2 Å². The number of carbonyl (C=O) groups excluding carboxylic acids is 1.